The fourth-order valence-corrected chi connectivity index (χ4v) is 1.76. The van der Waals surface area contributed by atoms with Gasteiger partial charge in [0.2, 0.25) is 0 Å². The number of hydrogen-bond donors (Lipinski definition) is 0. The molecule has 0 saturated heterocycles. The molecule has 0 aliphatic carbocycles. The van der Waals surface area contributed by atoms with Crippen molar-refractivity contribution >= 4 is 31.2 Å². The number of nitrogens with zero attached hydrogens (tertiary/aromatic N) is 2. The molecule has 0 saturated carbocycles. The summed E-state index contributed by atoms with van der Waals surface area (Å²) in [6, 6.07) is 6.49. The van der Waals surface area contributed by atoms with E-state index in [0.717, 1.165) is 0 Å². The number of carbonyl (C=O) groups is 1. The Morgan fingerprint density at radius 2 is 1.83 bits per heavy atom. The molecule has 18 heavy (non-hydrogen) atoms. The SMILES string of the molecule is C[Si](C)(C)C#CC(=O)C(=[N+]=[N-])c1ccc(Cl)cc1. The van der Waals surface area contributed by atoms with Gasteiger partial charge in [0.25, 0.3) is 0 Å². The van der Waals surface area contributed by atoms with Crippen molar-refractivity contribution in [1.82, 2.24) is 0 Å². The molecule has 1 rings (SSSR count). The molecule has 0 fully saturated rings. The van der Waals surface area contributed by atoms with Gasteiger partial charge >= 0.3 is 11.5 Å². The van der Waals surface area contributed by atoms with E-state index in [0.29, 0.717) is 10.6 Å². The zero-order chi connectivity index (χ0) is 13.8. The average molecular weight is 277 g/mol. The maximum atomic E-state index is 11.8. The number of hydrogen-bond acceptors (Lipinski definition) is 1. The van der Waals surface area contributed by atoms with Gasteiger partial charge in [0.15, 0.2) is 0 Å². The highest BCUT2D eigenvalue weighted by Crippen LogP contribution is 2.10. The first-order valence-corrected chi connectivity index (χ1v) is 9.27. The largest absolute Gasteiger partial charge is 0.378 e. The van der Waals surface area contributed by atoms with Gasteiger partial charge in [-0.3, -0.25) is 4.79 Å². The van der Waals surface area contributed by atoms with Gasteiger partial charge in [-0.15, -0.1) is 5.54 Å². The van der Waals surface area contributed by atoms with Gasteiger partial charge in [0.1, 0.15) is 8.07 Å². The summed E-state index contributed by atoms with van der Waals surface area (Å²) in [5.74, 6) is 2.05. The topological polar surface area (TPSA) is 53.5 Å². The van der Waals surface area contributed by atoms with Crippen LogP contribution in [0.4, 0.5) is 0 Å². The lowest BCUT2D eigenvalue weighted by Crippen LogP contribution is -2.20. The van der Waals surface area contributed by atoms with E-state index in [1.807, 2.05) is 19.6 Å². The Kier molecular flexibility index (Phi) is 4.63. The molecule has 0 heterocycles. The van der Waals surface area contributed by atoms with Crippen molar-refractivity contribution in [1.29, 1.82) is 0 Å². The molecule has 0 radical (unpaired) electrons. The Bertz CT molecular complexity index is 570. The Balaban J connectivity index is 3.05. The van der Waals surface area contributed by atoms with Crippen LogP contribution in [0.2, 0.25) is 24.7 Å². The van der Waals surface area contributed by atoms with Crippen LogP contribution in [0.5, 0.6) is 0 Å². The molecule has 92 valence electrons. The summed E-state index contributed by atoms with van der Waals surface area (Å²) < 4.78 is 0. The molecule has 5 heteroatoms. The lowest BCUT2D eigenvalue weighted by atomic mass is 10.1. The first kappa shape index (κ1) is 14.4. The molecule has 0 amide bonds. The highest BCUT2D eigenvalue weighted by Gasteiger charge is 2.21. The second-order valence-electron chi connectivity index (χ2n) is 4.78. The minimum absolute atomic E-state index is 0.0579. The quantitative estimate of drug-likeness (QED) is 0.269. The fourth-order valence-electron chi connectivity index (χ4n) is 1.15. The van der Waals surface area contributed by atoms with Gasteiger partial charge in [-0.25, -0.2) is 0 Å². The van der Waals surface area contributed by atoms with E-state index in [-0.39, 0.29) is 5.71 Å². The van der Waals surface area contributed by atoms with Crippen molar-refractivity contribution in [3.8, 4) is 11.5 Å². The Morgan fingerprint density at radius 3 is 2.28 bits per heavy atom. The number of halogens is 1. The Morgan fingerprint density at radius 1 is 1.28 bits per heavy atom. The van der Waals surface area contributed by atoms with Gasteiger partial charge in [-0.2, -0.15) is 4.79 Å². The summed E-state index contributed by atoms with van der Waals surface area (Å²) in [6.07, 6.45) is 0. The molecule has 0 bridgehead atoms. The van der Waals surface area contributed by atoms with Crippen LogP contribution in [0.15, 0.2) is 24.3 Å². The molecule has 0 unspecified atom stereocenters. The van der Waals surface area contributed by atoms with E-state index < -0.39 is 13.9 Å². The third-order valence-electron chi connectivity index (χ3n) is 1.98. The van der Waals surface area contributed by atoms with Gasteiger partial charge in [0, 0.05) is 5.02 Å². The lowest BCUT2D eigenvalue weighted by molar-refractivity contribution is -0.112. The number of rotatable bonds is 2. The number of benzene rings is 1. The molecule has 0 atom stereocenters. The first-order chi connectivity index (χ1) is 8.33. The summed E-state index contributed by atoms with van der Waals surface area (Å²) in [4.78, 5) is 14.9. The minimum atomic E-state index is -1.63. The van der Waals surface area contributed by atoms with E-state index in [9.17, 15) is 4.79 Å². The van der Waals surface area contributed by atoms with Crippen molar-refractivity contribution in [3.05, 3.63) is 40.4 Å². The van der Waals surface area contributed by atoms with Crippen molar-refractivity contribution in [2.75, 3.05) is 0 Å². The molecular weight excluding hydrogens is 264 g/mol. The van der Waals surface area contributed by atoms with Crippen LogP contribution < -0.4 is 0 Å². The highest BCUT2D eigenvalue weighted by atomic mass is 35.5. The van der Waals surface area contributed by atoms with Crippen LogP contribution in [-0.2, 0) is 4.79 Å². The monoisotopic (exact) mass is 276 g/mol. The highest BCUT2D eigenvalue weighted by molar-refractivity contribution is 6.84. The van der Waals surface area contributed by atoms with Gasteiger partial charge in [0.05, 0.1) is 5.56 Å². The summed E-state index contributed by atoms with van der Waals surface area (Å²) in [5.41, 5.74) is 12.3. The van der Waals surface area contributed by atoms with E-state index >= 15 is 0 Å². The standard InChI is InChI=1S/C13H13ClN2OSi/c1-18(2,3)9-8-12(17)13(16-15)10-4-6-11(14)7-5-10/h4-7H,1-3H3. The third kappa shape index (κ3) is 4.31. The van der Waals surface area contributed by atoms with Crippen LogP contribution >= 0.6 is 11.6 Å². The molecule has 1 aromatic rings. The van der Waals surface area contributed by atoms with E-state index in [2.05, 4.69) is 16.3 Å². The molecule has 0 aliphatic heterocycles. The minimum Gasteiger partial charge on any atom is -0.361 e. The summed E-state index contributed by atoms with van der Waals surface area (Å²) in [5, 5.41) is 0.552. The van der Waals surface area contributed by atoms with Crippen LogP contribution in [0.25, 0.3) is 5.53 Å². The van der Waals surface area contributed by atoms with Crippen molar-refractivity contribution in [2.45, 2.75) is 19.6 Å². The lowest BCUT2D eigenvalue weighted by Gasteiger charge is -2.02. The van der Waals surface area contributed by atoms with Gasteiger partial charge in [-0.1, -0.05) is 31.2 Å². The average Bonchev–Trinajstić information content (AvgIpc) is 2.29. The molecule has 3 nitrogen and oxygen atoms in total. The summed E-state index contributed by atoms with van der Waals surface area (Å²) in [7, 11) is -1.63. The molecule has 0 N–H and O–H groups in total. The van der Waals surface area contributed by atoms with E-state index in [1.54, 1.807) is 24.3 Å². The number of ketones is 1. The summed E-state index contributed by atoms with van der Waals surface area (Å²) >= 11 is 5.75. The molecule has 0 aliphatic rings. The van der Waals surface area contributed by atoms with Crippen molar-refractivity contribution in [2.24, 2.45) is 0 Å². The molecular formula is C13H13ClN2OSi. The number of Topliss-reactive ketones (excluding diaryl/α,β-unsaturated/α-hetero) is 1. The zero-order valence-electron chi connectivity index (χ0n) is 10.5. The maximum absolute atomic E-state index is 11.8. The third-order valence-corrected chi connectivity index (χ3v) is 3.11. The Hall–Kier alpha value is -1.66. The Labute approximate surface area is 112 Å². The first-order valence-electron chi connectivity index (χ1n) is 5.39. The van der Waals surface area contributed by atoms with Crippen molar-refractivity contribution < 1.29 is 9.58 Å². The van der Waals surface area contributed by atoms with Gasteiger partial charge < -0.3 is 5.53 Å². The summed E-state index contributed by atoms with van der Waals surface area (Å²) in [6.45, 7) is 6.10. The van der Waals surface area contributed by atoms with Crippen LogP contribution in [0, 0.1) is 11.5 Å². The normalized spacial score (nSPS) is 10.0. The smallest absolute Gasteiger partial charge is 0.361 e. The number of carbonyl (C=O) groups excluding carboxylic acids is 1. The van der Waals surface area contributed by atoms with Crippen LogP contribution in [-0.4, -0.2) is 24.4 Å². The van der Waals surface area contributed by atoms with Gasteiger partial charge in [-0.05, 0) is 30.2 Å². The van der Waals surface area contributed by atoms with E-state index in [1.165, 1.54) is 0 Å². The molecule has 0 spiro atoms. The zero-order valence-corrected chi connectivity index (χ0v) is 12.2. The van der Waals surface area contributed by atoms with Crippen LogP contribution in [0.3, 0.4) is 0 Å². The van der Waals surface area contributed by atoms with Crippen LogP contribution in [0.1, 0.15) is 5.56 Å². The van der Waals surface area contributed by atoms with Crippen molar-refractivity contribution in [3.63, 3.8) is 0 Å². The molecule has 1 aromatic carbocycles. The second-order valence-corrected chi connectivity index (χ2v) is 9.97. The second kappa shape index (κ2) is 5.79. The predicted molar refractivity (Wildman–Crippen MR) is 75.3 cm³/mol. The fraction of sp³-hybridized carbons (Fsp3) is 0.231. The molecule has 0 aromatic heterocycles. The predicted octanol–water partition coefficient (Wildman–Crippen LogP) is 2.81. The van der Waals surface area contributed by atoms with E-state index in [4.69, 9.17) is 17.1 Å². The maximum Gasteiger partial charge on any atom is 0.378 e.